The number of hydrogen-bond acceptors (Lipinski definition) is 1. The first-order chi connectivity index (χ1) is 5.68. The zero-order chi connectivity index (χ0) is 8.97. The van der Waals surface area contributed by atoms with Crippen LogP contribution in [0.5, 0.6) is 0 Å². The van der Waals surface area contributed by atoms with Crippen LogP contribution in [0.1, 0.15) is 12.5 Å². The standard InChI is InChI=1S/C9H11IN2/c1-7(11)12-6-8-3-2-4-9(10)5-8/h2-5H,6H2,1H3,(H2,11,12)/i10-4. The highest BCUT2D eigenvalue weighted by Crippen LogP contribution is 2.06. The summed E-state index contributed by atoms with van der Waals surface area (Å²) in [6.07, 6.45) is 0. The molecule has 0 aromatic heterocycles. The van der Waals surface area contributed by atoms with E-state index < -0.39 is 0 Å². The highest BCUT2D eigenvalue weighted by Gasteiger charge is 1.92. The highest BCUT2D eigenvalue weighted by molar-refractivity contribution is 14.1. The van der Waals surface area contributed by atoms with E-state index in [1.54, 1.807) is 6.92 Å². The van der Waals surface area contributed by atoms with Crippen molar-refractivity contribution in [2.45, 2.75) is 13.5 Å². The Balaban J connectivity index is 2.57. The molecule has 0 spiro atoms. The normalized spacial score (nSPS) is 9.50. The van der Waals surface area contributed by atoms with Crippen molar-refractivity contribution in [3.63, 3.8) is 0 Å². The van der Waals surface area contributed by atoms with Crippen molar-refractivity contribution in [2.75, 3.05) is 0 Å². The minimum Gasteiger partial charge on any atom is -0.370 e. The molecule has 0 atom stereocenters. The van der Waals surface area contributed by atoms with Crippen LogP contribution in [0.3, 0.4) is 0 Å². The van der Waals surface area contributed by atoms with Crippen LogP contribution in [0.2, 0.25) is 0 Å². The van der Waals surface area contributed by atoms with Crippen molar-refractivity contribution < 1.29 is 0 Å². The van der Waals surface area contributed by atoms with Gasteiger partial charge in [-0.3, -0.25) is 5.41 Å². The molecule has 1 rings (SSSR count). The first-order valence-corrected chi connectivity index (χ1v) is 4.80. The lowest BCUT2D eigenvalue weighted by atomic mass is 10.2. The first kappa shape index (κ1) is 9.51. The molecule has 0 unspecified atom stereocenters. The summed E-state index contributed by atoms with van der Waals surface area (Å²) in [4.78, 5) is 0. The Hall–Kier alpha value is -0.580. The van der Waals surface area contributed by atoms with Gasteiger partial charge in [0.15, 0.2) is 0 Å². The second kappa shape index (κ2) is 4.45. The fourth-order valence-electron chi connectivity index (χ4n) is 0.882. The predicted molar refractivity (Wildman–Crippen MR) is 59.4 cm³/mol. The average molecular weight is 270 g/mol. The van der Waals surface area contributed by atoms with Gasteiger partial charge in [0.05, 0.1) is 5.84 Å². The summed E-state index contributed by atoms with van der Waals surface area (Å²) >= 11 is 2.28. The Kier molecular flexibility index (Phi) is 3.52. The monoisotopic (exact) mass is 270 g/mol. The SMILES string of the molecule is CC(=N)NCc1cccc([123I])c1. The molecule has 0 aliphatic carbocycles. The summed E-state index contributed by atoms with van der Waals surface area (Å²) < 4.78 is 1.23. The molecule has 0 heterocycles. The van der Waals surface area contributed by atoms with E-state index in [2.05, 4.69) is 46.1 Å². The maximum Gasteiger partial charge on any atom is 0.0902 e. The van der Waals surface area contributed by atoms with Gasteiger partial charge in [-0.25, -0.2) is 0 Å². The van der Waals surface area contributed by atoms with Gasteiger partial charge in [0.2, 0.25) is 0 Å². The topological polar surface area (TPSA) is 35.9 Å². The molecule has 0 radical (unpaired) electrons. The number of amidine groups is 1. The van der Waals surface area contributed by atoms with Gasteiger partial charge >= 0.3 is 0 Å². The van der Waals surface area contributed by atoms with Crippen LogP contribution < -0.4 is 5.32 Å². The van der Waals surface area contributed by atoms with Gasteiger partial charge in [0.25, 0.3) is 0 Å². The summed E-state index contributed by atoms with van der Waals surface area (Å²) in [6.45, 7) is 2.49. The molecule has 1 aromatic carbocycles. The van der Waals surface area contributed by atoms with Gasteiger partial charge in [0.1, 0.15) is 0 Å². The van der Waals surface area contributed by atoms with Crippen LogP contribution in [0, 0.1) is 8.98 Å². The quantitative estimate of drug-likeness (QED) is 0.483. The molecular formula is C9H11IN2. The van der Waals surface area contributed by atoms with Crippen LogP contribution in [0.4, 0.5) is 0 Å². The summed E-state index contributed by atoms with van der Waals surface area (Å²) in [5.74, 6) is 0.508. The highest BCUT2D eigenvalue weighted by atomic mass is 123. The Morgan fingerprint density at radius 1 is 1.58 bits per heavy atom. The Morgan fingerprint density at radius 3 is 2.92 bits per heavy atom. The third kappa shape index (κ3) is 3.21. The van der Waals surface area contributed by atoms with E-state index in [0.717, 1.165) is 6.54 Å². The molecule has 0 saturated heterocycles. The fourth-order valence-corrected chi connectivity index (χ4v) is 1.49. The van der Waals surface area contributed by atoms with Crippen molar-refractivity contribution >= 4 is 28.4 Å². The molecule has 2 nitrogen and oxygen atoms in total. The maximum atomic E-state index is 7.18. The van der Waals surface area contributed by atoms with Crippen molar-refractivity contribution in [1.82, 2.24) is 5.32 Å². The summed E-state index contributed by atoms with van der Waals surface area (Å²) in [5.41, 5.74) is 1.22. The lowest BCUT2D eigenvalue weighted by Crippen LogP contribution is -2.18. The fraction of sp³-hybridized carbons (Fsp3) is 0.222. The third-order valence-corrected chi connectivity index (χ3v) is 2.12. The van der Waals surface area contributed by atoms with Gasteiger partial charge in [-0.2, -0.15) is 0 Å². The molecule has 0 fully saturated rings. The summed E-state index contributed by atoms with van der Waals surface area (Å²) in [6, 6.07) is 8.24. The van der Waals surface area contributed by atoms with Gasteiger partial charge in [-0.1, -0.05) is 12.1 Å². The van der Waals surface area contributed by atoms with E-state index in [9.17, 15) is 0 Å². The van der Waals surface area contributed by atoms with E-state index in [0.29, 0.717) is 5.84 Å². The van der Waals surface area contributed by atoms with E-state index >= 15 is 0 Å². The molecule has 1 aromatic rings. The lowest BCUT2D eigenvalue weighted by molar-refractivity contribution is 0.901. The van der Waals surface area contributed by atoms with Gasteiger partial charge in [-0.05, 0) is 47.2 Å². The van der Waals surface area contributed by atoms with E-state index in [1.807, 2.05) is 6.07 Å². The molecular weight excluding hydrogens is 259 g/mol. The van der Waals surface area contributed by atoms with Crippen LogP contribution in [-0.4, -0.2) is 5.84 Å². The van der Waals surface area contributed by atoms with Gasteiger partial charge in [-0.15, -0.1) is 0 Å². The van der Waals surface area contributed by atoms with Crippen molar-refractivity contribution in [2.24, 2.45) is 0 Å². The number of nitrogens with one attached hydrogen (secondary N) is 2. The summed E-state index contributed by atoms with van der Waals surface area (Å²) in [5, 5.41) is 10.2. The number of benzene rings is 1. The number of rotatable bonds is 2. The van der Waals surface area contributed by atoms with Crippen LogP contribution in [-0.2, 0) is 6.54 Å². The van der Waals surface area contributed by atoms with E-state index in [1.165, 1.54) is 9.13 Å². The van der Waals surface area contributed by atoms with Crippen molar-refractivity contribution in [1.29, 1.82) is 5.41 Å². The average Bonchev–Trinajstić information content (AvgIpc) is 2.01. The zero-order valence-electron chi connectivity index (χ0n) is 6.89. The van der Waals surface area contributed by atoms with Crippen LogP contribution in [0.25, 0.3) is 0 Å². The Morgan fingerprint density at radius 2 is 2.33 bits per heavy atom. The molecule has 64 valence electrons. The molecule has 0 aliphatic heterocycles. The lowest BCUT2D eigenvalue weighted by Gasteiger charge is -2.03. The zero-order valence-corrected chi connectivity index (χ0v) is 9.05. The molecule has 0 aliphatic rings. The molecule has 12 heavy (non-hydrogen) atoms. The van der Waals surface area contributed by atoms with Crippen LogP contribution >= 0.6 is 22.6 Å². The Bertz CT molecular complexity index is 284. The minimum atomic E-state index is 0.508. The molecule has 3 heteroatoms. The molecule has 0 amide bonds. The molecule has 2 N–H and O–H groups in total. The largest absolute Gasteiger partial charge is 0.370 e. The second-order valence-corrected chi connectivity index (χ2v) is 3.85. The predicted octanol–water partition coefficient (Wildman–Crippen LogP) is 2.38. The molecule has 0 saturated carbocycles. The number of hydrogen-bond donors (Lipinski definition) is 2. The maximum absolute atomic E-state index is 7.18. The van der Waals surface area contributed by atoms with E-state index in [4.69, 9.17) is 5.41 Å². The third-order valence-electron chi connectivity index (χ3n) is 1.45. The van der Waals surface area contributed by atoms with Crippen LogP contribution in [0.15, 0.2) is 24.3 Å². The smallest absolute Gasteiger partial charge is 0.0902 e. The summed E-state index contributed by atoms with van der Waals surface area (Å²) in [7, 11) is 0. The van der Waals surface area contributed by atoms with Gasteiger partial charge < -0.3 is 5.32 Å². The van der Waals surface area contributed by atoms with Gasteiger partial charge in [0, 0.05) is 10.1 Å². The first-order valence-electron chi connectivity index (χ1n) is 3.72. The Labute approximate surface area is 86.0 Å². The second-order valence-electron chi connectivity index (χ2n) is 2.61. The van der Waals surface area contributed by atoms with Crippen molar-refractivity contribution in [3.05, 3.63) is 33.4 Å². The van der Waals surface area contributed by atoms with Crippen molar-refractivity contribution in [3.8, 4) is 0 Å². The van der Waals surface area contributed by atoms with E-state index in [-0.39, 0.29) is 0 Å². The number of halogens is 1. The molecule has 0 bridgehead atoms. The minimum absolute atomic E-state index is 0.508.